The van der Waals surface area contributed by atoms with Crippen LogP contribution in [0.5, 0.6) is 11.5 Å². The lowest BCUT2D eigenvalue weighted by atomic mass is 10.2. The Labute approximate surface area is 306 Å². The van der Waals surface area contributed by atoms with E-state index in [0.717, 1.165) is 39.3 Å². The van der Waals surface area contributed by atoms with Gasteiger partial charge in [0.05, 0.1) is 47.3 Å². The third-order valence-corrected chi connectivity index (χ3v) is 11.6. The van der Waals surface area contributed by atoms with Crippen LogP contribution in [-0.4, -0.2) is 94.9 Å². The maximum absolute atomic E-state index is 14.3. The Balaban J connectivity index is 1.51. The van der Waals surface area contributed by atoms with Gasteiger partial charge in [0.15, 0.2) is 0 Å². The minimum absolute atomic E-state index is 0.0268. The average molecular weight is 730 g/mol. The Bertz CT molecular complexity index is 1780. The fourth-order valence-corrected chi connectivity index (χ4v) is 8.06. The molecule has 13 heteroatoms. The van der Waals surface area contributed by atoms with Gasteiger partial charge in [-0.2, -0.15) is 4.31 Å². The van der Waals surface area contributed by atoms with Gasteiger partial charge in [-0.15, -0.1) is 11.3 Å². The molecule has 5 aromatic heterocycles. The first-order chi connectivity index (χ1) is 24.8. The normalized spacial score (nSPS) is 11.8. The van der Waals surface area contributed by atoms with Gasteiger partial charge >= 0.3 is 0 Å². The molecule has 0 amide bonds. The summed E-state index contributed by atoms with van der Waals surface area (Å²) in [6.45, 7) is 14.6. The Morgan fingerprint density at radius 3 is 1.51 bits per heavy atom. The molecule has 0 N–H and O–H groups in total. The van der Waals surface area contributed by atoms with Crippen molar-refractivity contribution in [2.24, 2.45) is 0 Å². The molecule has 0 saturated heterocycles. The van der Waals surface area contributed by atoms with Crippen LogP contribution >= 0.6 is 11.3 Å². The van der Waals surface area contributed by atoms with Crippen molar-refractivity contribution in [2.45, 2.75) is 45.0 Å². The van der Waals surface area contributed by atoms with Crippen molar-refractivity contribution in [1.82, 2.24) is 34.0 Å². The molecule has 11 nitrogen and oxygen atoms in total. The van der Waals surface area contributed by atoms with Crippen LogP contribution in [0.4, 0.5) is 0 Å². The molecule has 5 rings (SSSR count). The van der Waals surface area contributed by atoms with Gasteiger partial charge in [0.25, 0.3) is 10.0 Å². The SMILES string of the molecule is CCN(CC)CCOc1cc(CN(Cc2cc(OCCN(CC)CC)cc(-c3ccccn3)n2)S(=O)(=O)c2cccs2)nc(-c2ccccn2)c1. The monoisotopic (exact) mass is 729 g/mol. The average Bonchev–Trinajstić information content (AvgIpc) is 3.72. The van der Waals surface area contributed by atoms with E-state index in [1.807, 2.05) is 60.7 Å². The van der Waals surface area contributed by atoms with Crippen molar-refractivity contribution in [3.63, 3.8) is 0 Å². The summed E-state index contributed by atoms with van der Waals surface area (Å²) in [5.74, 6) is 1.20. The highest BCUT2D eigenvalue weighted by Gasteiger charge is 2.28. The van der Waals surface area contributed by atoms with Crippen molar-refractivity contribution in [1.29, 1.82) is 0 Å². The summed E-state index contributed by atoms with van der Waals surface area (Å²) in [7, 11) is -3.96. The Kier molecular flexibility index (Phi) is 14.0. The second-order valence-electron chi connectivity index (χ2n) is 11.7. The molecule has 0 unspecified atom stereocenters. The highest BCUT2D eigenvalue weighted by molar-refractivity contribution is 7.91. The van der Waals surface area contributed by atoms with E-state index in [1.54, 1.807) is 29.9 Å². The van der Waals surface area contributed by atoms with Gasteiger partial charge in [0, 0.05) is 49.7 Å². The Morgan fingerprint density at radius 2 is 1.12 bits per heavy atom. The van der Waals surface area contributed by atoms with Gasteiger partial charge < -0.3 is 19.3 Å². The molecule has 5 aromatic rings. The van der Waals surface area contributed by atoms with Crippen LogP contribution in [0.1, 0.15) is 39.1 Å². The van der Waals surface area contributed by atoms with Gasteiger partial charge in [-0.3, -0.25) is 9.97 Å². The van der Waals surface area contributed by atoms with Gasteiger partial charge in [-0.25, -0.2) is 18.4 Å². The third kappa shape index (κ3) is 10.6. The van der Waals surface area contributed by atoms with Crippen molar-refractivity contribution in [3.8, 4) is 34.3 Å². The minimum Gasteiger partial charge on any atom is -0.492 e. The second kappa shape index (κ2) is 18.8. The fraction of sp³-hybridized carbons (Fsp3) is 0.368. The predicted octanol–water partition coefficient (Wildman–Crippen LogP) is 6.49. The number of hydrogen-bond acceptors (Lipinski definition) is 11. The molecule has 51 heavy (non-hydrogen) atoms. The van der Waals surface area contributed by atoms with Crippen molar-refractivity contribution >= 4 is 21.4 Å². The smallest absolute Gasteiger partial charge is 0.253 e. The Morgan fingerprint density at radius 1 is 0.627 bits per heavy atom. The van der Waals surface area contributed by atoms with Gasteiger partial charge in [0.1, 0.15) is 28.9 Å². The maximum atomic E-state index is 14.3. The summed E-state index contributed by atoms with van der Waals surface area (Å²) in [5.41, 5.74) is 3.56. The molecule has 0 aromatic carbocycles. The number of thiophene rings is 1. The molecular formula is C38H47N7O4S2. The zero-order chi connectivity index (χ0) is 36.1. The molecule has 0 fully saturated rings. The largest absolute Gasteiger partial charge is 0.492 e. The minimum atomic E-state index is -3.96. The predicted molar refractivity (Wildman–Crippen MR) is 202 cm³/mol. The zero-order valence-corrected chi connectivity index (χ0v) is 31.4. The number of hydrogen-bond donors (Lipinski definition) is 0. The maximum Gasteiger partial charge on any atom is 0.253 e. The highest BCUT2D eigenvalue weighted by Crippen LogP contribution is 2.29. The number of ether oxygens (including phenoxy) is 2. The van der Waals surface area contributed by atoms with Crippen LogP contribution in [0.25, 0.3) is 22.8 Å². The third-order valence-electron chi connectivity index (χ3n) is 8.47. The lowest BCUT2D eigenvalue weighted by Crippen LogP contribution is -2.31. The summed E-state index contributed by atoms with van der Waals surface area (Å²) in [4.78, 5) is 23.4. The van der Waals surface area contributed by atoms with Crippen LogP contribution in [0.15, 0.2) is 94.8 Å². The first-order valence-electron chi connectivity index (χ1n) is 17.4. The molecule has 0 spiro atoms. The van der Waals surface area contributed by atoms with Crippen LogP contribution in [0.3, 0.4) is 0 Å². The molecule has 0 aliphatic heterocycles. The standard InChI is InChI=1S/C38H47N7O4S2/c1-5-43(6-2)19-21-48-32-24-30(41-36(26-32)34-14-9-11-17-39-34)28-45(51(46,47)38-16-13-23-50-38)29-31-25-33(49-22-20-44(7-3)8-4)27-37(42-31)35-15-10-12-18-40-35/h9-18,23-27H,5-8,19-22,28-29H2,1-4H3. The number of aromatic nitrogens is 4. The molecule has 5 heterocycles. The summed E-state index contributed by atoms with van der Waals surface area (Å²) in [6, 6.07) is 21.9. The lowest BCUT2D eigenvalue weighted by Gasteiger charge is -2.23. The van der Waals surface area contributed by atoms with E-state index in [-0.39, 0.29) is 17.3 Å². The topological polar surface area (TPSA) is 114 Å². The summed E-state index contributed by atoms with van der Waals surface area (Å²) in [6.07, 6.45) is 3.42. The number of sulfonamides is 1. The number of likely N-dealkylation sites (N-methyl/N-ethyl adjacent to an activating group) is 2. The summed E-state index contributed by atoms with van der Waals surface area (Å²) < 4.78 is 42.7. The van der Waals surface area contributed by atoms with E-state index >= 15 is 0 Å². The first kappa shape index (κ1) is 38.0. The molecule has 270 valence electrons. The van der Waals surface area contributed by atoms with E-state index in [9.17, 15) is 8.42 Å². The molecule has 0 radical (unpaired) electrons. The van der Waals surface area contributed by atoms with Crippen LogP contribution < -0.4 is 9.47 Å². The number of rotatable bonds is 20. The summed E-state index contributed by atoms with van der Waals surface area (Å²) in [5, 5.41) is 1.76. The molecule has 0 saturated carbocycles. The van der Waals surface area contributed by atoms with Gasteiger partial charge in [-0.1, -0.05) is 45.9 Å². The molecular weight excluding hydrogens is 683 g/mol. The van der Waals surface area contributed by atoms with Crippen LogP contribution in [0.2, 0.25) is 0 Å². The van der Waals surface area contributed by atoms with Crippen molar-refractivity contribution < 1.29 is 17.9 Å². The van der Waals surface area contributed by atoms with Gasteiger partial charge in [0.2, 0.25) is 0 Å². The van der Waals surface area contributed by atoms with Crippen LogP contribution in [-0.2, 0) is 23.1 Å². The lowest BCUT2D eigenvalue weighted by molar-refractivity contribution is 0.222. The van der Waals surface area contributed by atoms with E-state index in [1.165, 1.54) is 15.6 Å². The van der Waals surface area contributed by atoms with Crippen molar-refractivity contribution in [2.75, 3.05) is 52.5 Å². The highest BCUT2D eigenvalue weighted by atomic mass is 32.2. The molecule has 0 atom stereocenters. The molecule has 0 aliphatic carbocycles. The fourth-order valence-electron chi connectivity index (χ4n) is 5.53. The summed E-state index contributed by atoms with van der Waals surface area (Å²) >= 11 is 1.17. The first-order valence-corrected chi connectivity index (χ1v) is 19.7. The molecule has 0 aliphatic rings. The second-order valence-corrected chi connectivity index (χ2v) is 14.9. The number of nitrogens with zero attached hydrogens (tertiary/aromatic N) is 7. The Hall–Kier alpha value is -4.27. The van der Waals surface area contributed by atoms with E-state index in [2.05, 4.69) is 47.5 Å². The van der Waals surface area contributed by atoms with Gasteiger partial charge in [-0.05, 0) is 61.9 Å². The van der Waals surface area contributed by atoms with Crippen molar-refractivity contribution in [3.05, 3.63) is 102 Å². The quantitative estimate of drug-likeness (QED) is 0.0881. The van der Waals surface area contributed by atoms with E-state index < -0.39 is 10.0 Å². The van der Waals surface area contributed by atoms with Crippen LogP contribution in [0, 0.1) is 0 Å². The molecule has 0 bridgehead atoms. The van der Waals surface area contributed by atoms with E-state index in [0.29, 0.717) is 58.9 Å². The number of pyridine rings is 4. The zero-order valence-electron chi connectivity index (χ0n) is 29.8. The van der Waals surface area contributed by atoms with E-state index in [4.69, 9.17) is 19.4 Å².